The van der Waals surface area contributed by atoms with Crippen LogP contribution in [0.4, 0.5) is 0 Å². The fourth-order valence-electron chi connectivity index (χ4n) is 0.767. The van der Waals surface area contributed by atoms with Crippen molar-refractivity contribution >= 4 is 5.97 Å². The molecular formula is C9H15NaO2. The van der Waals surface area contributed by atoms with Gasteiger partial charge in [0.1, 0.15) is 0 Å². The van der Waals surface area contributed by atoms with Crippen LogP contribution in [0.25, 0.3) is 0 Å². The first kappa shape index (κ1) is 14.7. The van der Waals surface area contributed by atoms with Gasteiger partial charge in [-0.15, -0.1) is 0 Å². The number of carboxylic acids is 1. The molecule has 2 nitrogen and oxygen atoms in total. The SMILES string of the molecule is CCC/C=C/CCCC(=O)[O-].[Na+]. The molecule has 0 radical (unpaired) electrons. The molecule has 0 N–H and O–H groups in total. The molecule has 0 amide bonds. The molecular weight excluding hydrogens is 163 g/mol. The molecule has 64 valence electrons. The van der Waals surface area contributed by atoms with E-state index in [1.807, 2.05) is 6.08 Å². The van der Waals surface area contributed by atoms with E-state index in [2.05, 4.69) is 13.0 Å². The second-order valence-electron chi connectivity index (χ2n) is 2.52. The maximum Gasteiger partial charge on any atom is 1.00 e. The quantitative estimate of drug-likeness (QED) is 0.275. The molecule has 0 bridgehead atoms. The Bertz CT molecular complexity index is 132. The van der Waals surface area contributed by atoms with E-state index < -0.39 is 5.97 Å². The van der Waals surface area contributed by atoms with Crippen molar-refractivity contribution in [3.05, 3.63) is 12.2 Å². The van der Waals surface area contributed by atoms with Crippen LogP contribution in [0.5, 0.6) is 0 Å². The first-order valence-corrected chi connectivity index (χ1v) is 4.12. The number of hydrogen-bond acceptors (Lipinski definition) is 2. The summed E-state index contributed by atoms with van der Waals surface area (Å²) in [5.41, 5.74) is 0. The first-order valence-electron chi connectivity index (χ1n) is 4.12. The molecule has 0 atom stereocenters. The zero-order valence-electron chi connectivity index (χ0n) is 8.01. The topological polar surface area (TPSA) is 40.1 Å². The van der Waals surface area contributed by atoms with E-state index in [1.165, 1.54) is 0 Å². The summed E-state index contributed by atoms with van der Waals surface area (Å²) in [7, 11) is 0. The van der Waals surface area contributed by atoms with E-state index in [0.29, 0.717) is 6.42 Å². The molecule has 12 heavy (non-hydrogen) atoms. The van der Waals surface area contributed by atoms with Crippen LogP contribution in [-0.2, 0) is 4.79 Å². The smallest absolute Gasteiger partial charge is 0.550 e. The normalized spacial score (nSPS) is 9.75. The molecule has 0 aromatic carbocycles. The zero-order valence-corrected chi connectivity index (χ0v) is 10.0. The van der Waals surface area contributed by atoms with Crippen molar-refractivity contribution in [3.8, 4) is 0 Å². The van der Waals surface area contributed by atoms with Gasteiger partial charge >= 0.3 is 29.6 Å². The van der Waals surface area contributed by atoms with Crippen molar-refractivity contribution in [1.29, 1.82) is 0 Å². The summed E-state index contributed by atoms with van der Waals surface area (Å²) in [6.07, 6.45) is 8.09. The van der Waals surface area contributed by atoms with Crippen LogP contribution in [0, 0.1) is 0 Å². The summed E-state index contributed by atoms with van der Waals surface area (Å²) in [5, 5.41) is 9.95. The Morgan fingerprint density at radius 2 is 1.92 bits per heavy atom. The van der Waals surface area contributed by atoms with Gasteiger partial charge in [-0.1, -0.05) is 25.5 Å². The average molecular weight is 178 g/mol. The number of hydrogen-bond donors (Lipinski definition) is 0. The van der Waals surface area contributed by atoms with Crippen molar-refractivity contribution in [2.75, 3.05) is 0 Å². The van der Waals surface area contributed by atoms with Gasteiger partial charge in [0, 0.05) is 5.97 Å². The molecule has 0 heterocycles. The summed E-state index contributed by atoms with van der Waals surface area (Å²) in [5.74, 6) is -0.950. The minimum Gasteiger partial charge on any atom is -0.550 e. The number of aliphatic carboxylic acids is 1. The maximum atomic E-state index is 9.95. The summed E-state index contributed by atoms with van der Waals surface area (Å²) < 4.78 is 0. The Morgan fingerprint density at radius 3 is 2.42 bits per heavy atom. The van der Waals surface area contributed by atoms with Crippen molar-refractivity contribution < 1.29 is 39.5 Å². The van der Waals surface area contributed by atoms with Crippen LogP contribution in [0.3, 0.4) is 0 Å². The Morgan fingerprint density at radius 1 is 1.33 bits per heavy atom. The van der Waals surface area contributed by atoms with E-state index in [0.717, 1.165) is 19.3 Å². The fraction of sp³-hybridized carbons (Fsp3) is 0.667. The molecule has 0 unspecified atom stereocenters. The van der Waals surface area contributed by atoms with Crippen LogP contribution in [-0.4, -0.2) is 5.97 Å². The van der Waals surface area contributed by atoms with Gasteiger partial charge in [0.05, 0.1) is 0 Å². The molecule has 0 rings (SSSR count). The van der Waals surface area contributed by atoms with Gasteiger partial charge < -0.3 is 9.90 Å². The molecule has 0 aliphatic carbocycles. The maximum absolute atomic E-state index is 9.95. The number of allylic oxidation sites excluding steroid dienone is 2. The van der Waals surface area contributed by atoms with Gasteiger partial charge in [0.15, 0.2) is 0 Å². The summed E-state index contributed by atoms with van der Waals surface area (Å²) in [4.78, 5) is 9.95. The van der Waals surface area contributed by atoms with E-state index in [1.54, 1.807) is 0 Å². The van der Waals surface area contributed by atoms with Gasteiger partial charge in [-0.05, 0) is 25.7 Å². The molecule has 0 fully saturated rings. The van der Waals surface area contributed by atoms with E-state index in [4.69, 9.17) is 0 Å². The standard InChI is InChI=1S/C9H16O2.Na/c1-2-3-4-5-6-7-8-9(10)11;/h4-5H,2-3,6-8H2,1H3,(H,10,11);/q;+1/p-1/b5-4+;. The molecule has 3 heteroatoms. The van der Waals surface area contributed by atoms with E-state index >= 15 is 0 Å². The molecule has 0 aromatic rings. The van der Waals surface area contributed by atoms with E-state index in [-0.39, 0.29) is 36.0 Å². The van der Waals surface area contributed by atoms with Crippen LogP contribution in [0.1, 0.15) is 39.0 Å². The third-order valence-corrected chi connectivity index (χ3v) is 1.37. The number of carbonyl (C=O) groups excluding carboxylic acids is 1. The molecule has 0 aliphatic heterocycles. The molecule has 0 aliphatic rings. The Balaban J connectivity index is 0. The van der Waals surface area contributed by atoms with Gasteiger partial charge in [0.25, 0.3) is 0 Å². The second kappa shape index (κ2) is 11.2. The second-order valence-corrected chi connectivity index (χ2v) is 2.52. The minimum absolute atomic E-state index is 0. The third kappa shape index (κ3) is 12.8. The van der Waals surface area contributed by atoms with Crippen LogP contribution >= 0.6 is 0 Å². The van der Waals surface area contributed by atoms with Gasteiger partial charge in [-0.2, -0.15) is 0 Å². The van der Waals surface area contributed by atoms with Crippen LogP contribution in [0.2, 0.25) is 0 Å². The molecule has 0 aromatic heterocycles. The van der Waals surface area contributed by atoms with Crippen molar-refractivity contribution in [1.82, 2.24) is 0 Å². The molecule has 0 saturated carbocycles. The van der Waals surface area contributed by atoms with Crippen LogP contribution in [0.15, 0.2) is 12.2 Å². The monoisotopic (exact) mass is 178 g/mol. The van der Waals surface area contributed by atoms with Gasteiger partial charge in [0.2, 0.25) is 0 Å². The predicted octanol–water partition coefficient (Wildman–Crippen LogP) is -1.73. The van der Waals surface area contributed by atoms with Gasteiger partial charge in [-0.25, -0.2) is 0 Å². The number of rotatable bonds is 6. The average Bonchev–Trinajstić information content (AvgIpc) is 1.96. The van der Waals surface area contributed by atoms with Crippen molar-refractivity contribution in [3.63, 3.8) is 0 Å². The van der Waals surface area contributed by atoms with E-state index in [9.17, 15) is 9.90 Å². The largest absolute Gasteiger partial charge is 1.00 e. The predicted molar refractivity (Wildman–Crippen MR) is 42.9 cm³/mol. The van der Waals surface area contributed by atoms with Crippen molar-refractivity contribution in [2.45, 2.75) is 39.0 Å². The number of unbranched alkanes of at least 4 members (excludes halogenated alkanes) is 2. The summed E-state index contributed by atoms with van der Waals surface area (Å²) in [6.45, 7) is 2.12. The Hall–Kier alpha value is 0.210. The first-order chi connectivity index (χ1) is 5.27. The third-order valence-electron chi connectivity index (χ3n) is 1.37. The number of carboxylic acid groups (broad SMARTS) is 1. The Labute approximate surface area is 96.3 Å². The van der Waals surface area contributed by atoms with Crippen molar-refractivity contribution in [2.24, 2.45) is 0 Å². The fourth-order valence-corrected chi connectivity index (χ4v) is 0.767. The van der Waals surface area contributed by atoms with Gasteiger partial charge in [-0.3, -0.25) is 0 Å². The number of carbonyl (C=O) groups is 1. The molecule has 0 saturated heterocycles. The van der Waals surface area contributed by atoms with Crippen LogP contribution < -0.4 is 34.7 Å². The zero-order chi connectivity index (χ0) is 8.53. The summed E-state index contributed by atoms with van der Waals surface area (Å²) >= 11 is 0. The summed E-state index contributed by atoms with van der Waals surface area (Å²) in [6, 6.07) is 0. The molecule has 0 spiro atoms. The Kier molecular flexibility index (Phi) is 13.7. The minimum atomic E-state index is -0.950.